The molecule has 1 aliphatic rings. The van der Waals surface area contributed by atoms with Gasteiger partial charge in [-0.3, -0.25) is 4.90 Å². The van der Waals surface area contributed by atoms with Crippen LogP contribution in [0.5, 0.6) is 0 Å². The number of hydrogen-bond donors (Lipinski definition) is 3. The average molecular weight is 304 g/mol. The molecule has 0 saturated carbocycles. The van der Waals surface area contributed by atoms with E-state index in [0.717, 1.165) is 19.0 Å². The molecule has 0 amide bonds. The van der Waals surface area contributed by atoms with Gasteiger partial charge < -0.3 is 15.7 Å². The van der Waals surface area contributed by atoms with Crippen molar-refractivity contribution in [2.45, 2.75) is 32.9 Å². The number of hydrogen-bond acceptors (Lipinski definition) is 3. The fourth-order valence-corrected chi connectivity index (χ4v) is 2.64. The molecular weight excluding hydrogens is 276 g/mol. The predicted molar refractivity (Wildman–Crippen MR) is 90.9 cm³/mol. The highest BCUT2D eigenvalue weighted by Crippen LogP contribution is 2.13. The van der Waals surface area contributed by atoms with Gasteiger partial charge in [0.15, 0.2) is 5.96 Å². The van der Waals surface area contributed by atoms with E-state index in [1.165, 1.54) is 37.1 Å². The summed E-state index contributed by atoms with van der Waals surface area (Å²) in [6.45, 7) is 7.63. The van der Waals surface area contributed by atoms with Crippen molar-refractivity contribution in [1.29, 1.82) is 0 Å². The monoisotopic (exact) mass is 304 g/mol. The van der Waals surface area contributed by atoms with Gasteiger partial charge in [-0.1, -0.05) is 24.3 Å². The zero-order chi connectivity index (χ0) is 15.6. The molecule has 2 rings (SSSR count). The third-order valence-electron chi connectivity index (χ3n) is 3.80. The van der Waals surface area contributed by atoms with Crippen molar-refractivity contribution in [3.05, 3.63) is 35.4 Å². The van der Waals surface area contributed by atoms with Gasteiger partial charge in [0.1, 0.15) is 0 Å². The van der Waals surface area contributed by atoms with Crippen LogP contribution in [0.4, 0.5) is 0 Å². The molecule has 0 unspecified atom stereocenters. The van der Waals surface area contributed by atoms with Crippen LogP contribution in [0.1, 0.15) is 30.9 Å². The van der Waals surface area contributed by atoms with Crippen LogP contribution in [0.2, 0.25) is 0 Å². The summed E-state index contributed by atoms with van der Waals surface area (Å²) < 4.78 is 0. The standard InChI is InChI=1S/C17H28N4O/c1-2-18-17(19-9-12-22)20-13-15-5-7-16(8-6-15)14-21-10-3-4-11-21/h5-8,22H,2-4,9-14H2,1H3,(H2,18,19,20). The fraction of sp³-hybridized carbons (Fsp3) is 0.588. The zero-order valence-electron chi connectivity index (χ0n) is 13.5. The second kappa shape index (κ2) is 9.43. The van der Waals surface area contributed by atoms with E-state index in [-0.39, 0.29) is 6.61 Å². The van der Waals surface area contributed by atoms with Crippen LogP contribution in [0.15, 0.2) is 29.3 Å². The summed E-state index contributed by atoms with van der Waals surface area (Å²) in [4.78, 5) is 7.04. The maximum Gasteiger partial charge on any atom is 0.191 e. The van der Waals surface area contributed by atoms with Crippen LogP contribution in [-0.2, 0) is 13.1 Å². The van der Waals surface area contributed by atoms with Crippen molar-refractivity contribution in [3.63, 3.8) is 0 Å². The summed E-state index contributed by atoms with van der Waals surface area (Å²) in [6.07, 6.45) is 2.67. The first-order valence-electron chi connectivity index (χ1n) is 8.25. The fourth-order valence-electron chi connectivity index (χ4n) is 2.64. The number of aliphatic hydroxyl groups is 1. The van der Waals surface area contributed by atoms with Crippen molar-refractivity contribution in [1.82, 2.24) is 15.5 Å². The molecule has 0 atom stereocenters. The number of nitrogens with one attached hydrogen (secondary N) is 2. The number of likely N-dealkylation sites (tertiary alicyclic amines) is 1. The van der Waals surface area contributed by atoms with E-state index >= 15 is 0 Å². The molecule has 1 aromatic rings. The lowest BCUT2D eigenvalue weighted by Crippen LogP contribution is -2.38. The molecule has 22 heavy (non-hydrogen) atoms. The largest absolute Gasteiger partial charge is 0.395 e. The van der Waals surface area contributed by atoms with Gasteiger partial charge in [0.2, 0.25) is 0 Å². The van der Waals surface area contributed by atoms with Gasteiger partial charge in [-0.15, -0.1) is 0 Å². The number of aliphatic hydroxyl groups excluding tert-OH is 1. The average Bonchev–Trinajstić information content (AvgIpc) is 3.04. The Hall–Kier alpha value is -1.59. The van der Waals surface area contributed by atoms with E-state index in [1.54, 1.807) is 0 Å². The minimum absolute atomic E-state index is 0.107. The Morgan fingerprint density at radius 1 is 1.14 bits per heavy atom. The van der Waals surface area contributed by atoms with Crippen LogP contribution in [0.3, 0.4) is 0 Å². The minimum Gasteiger partial charge on any atom is -0.395 e. The molecule has 1 aliphatic heterocycles. The highest BCUT2D eigenvalue weighted by Gasteiger charge is 2.11. The lowest BCUT2D eigenvalue weighted by Gasteiger charge is -2.14. The molecule has 122 valence electrons. The summed E-state index contributed by atoms with van der Waals surface area (Å²) in [7, 11) is 0. The van der Waals surface area contributed by atoms with Gasteiger partial charge in [0.25, 0.3) is 0 Å². The summed E-state index contributed by atoms with van der Waals surface area (Å²) >= 11 is 0. The first-order valence-corrected chi connectivity index (χ1v) is 8.25. The molecule has 5 nitrogen and oxygen atoms in total. The Bertz CT molecular complexity index is 452. The van der Waals surface area contributed by atoms with Gasteiger partial charge in [0, 0.05) is 19.6 Å². The second-order valence-electron chi connectivity index (χ2n) is 5.65. The first-order chi connectivity index (χ1) is 10.8. The summed E-state index contributed by atoms with van der Waals surface area (Å²) in [5.41, 5.74) is 2.58. The summed E-state index contributed by atoms with van der Waals surface area (Å²) in [6, 6.07) is 8.73. The highest BCUT2D eigenvalue weighted by atomic mass is 16.3. The molecule has 1 fully saturated rings. The van der Waals surface area contributed by atoms with Crippen molar-refractivity contribution in [2.75, 3.05) is 32.8 Å². The minimum atomic E-state index is 0.107. The van der Waals surface area contributed by atoms with Crippen LogP contribution in [0.25, 0.3) is 0 Å². The van der Waals surface area contributed by atoms with Crippen molar-refractivity contribution >= 4 is 5.96 Å². The lowest BCUT2D eigenvalue weighted by molar-refractivity contribution is 0.300. The molecule has 1 aromatic carbocycles. The molecule has 0 spiro atoms. The van der Waals surface area contributed by atoms with Crippen molar-refractivity contribution in [3.8, 4) is 0 Å². The first kappa shape index (κ1) is 16.8. The maximum atomic E-state index is 8.87. The Balaban J connectivity index is 1.86. The highest BCUT2D eigenvalue weighted by molar-refractivity contribution is 5.79. The molecule has 3 N–H and O–H groups in total. The normalized spacial score (nSPS) is 16.0. The van der Waals surface area contributed by atoms with Gasteiger partial charge in [-0.2, -0.15) is 0 Å². The topological polar surface area (TPSA) is 59.9 Å². The summed E-state index contributed by atoms with van der Waals surface area (Å²) in [5, 5.41) is 15.1. The smallest absolute Gasteiger partial charge is 0.191 e. The van der Waals surface area contributed by atoms with E-state index in [2.05, 4.69) is 44.8 Å². The number of nitrogens with zero attached hydrogens (tertiary/aromatic N) is 2. The number of rotatable bonds is 7. The Labute approximate surface area is 133 Å². The van der Waals surface area contributed by atoms with Crippen LogP contribution >= 0.6 is 0 Å². The molecule has 0 aliphatic carbocycles. The van der Waals surface area contributed by atoms with Gasteiger partial charge in [-0.25, -0.2) is 4.99 Å². The van der Waals surface area contributed by atoms with E-state index in [4.69, 9.17) is 5.11 Å². The van der Waals surface area contributed by atoms with Gasteiger partial charge in [-0.05, 0) is 44.0 Å². The molecule has 0 aromatic heterocycles. The lowest BCUT2D eigenvalue weighted by atomic mass is 10.1. The quantitative estimate of drug-likeness (QED) is 0.525. The second-order valence-corrected chi connectivity index (χ2v) is 5.65. The van der Waals surface area contributed by atoms with E-state index in [9.17, 15) is 0 Å². The zero-order valence-corrected chi connectivity index (χ0v) is 13.5. The van der Waals surface area contributed by atoms with E-state index < -0.39 is 0 Å². The molecule has 1 saturated heterocycles. The molecule has 5 heteroatoms. The van der Waals surface area contributed by atoms with E-state index in [0.29, 0.717) is 13.1 Å². The molecular formula is C17H28N4O. The molecule has 0 bridgehead atoms. The predicted octanol–water partition coefficient (Wildman–Crippen LogP) is 1.33. The van der Waals surface area contributed by atoms with Crippen molar-refractivity contribution < 1.29 is 5.11 Å². The number of benzene rings is 1. The Kier molecular flexibility index (Phi) is 7.19. The third kappa shape index (κ3) is 5.66. The van der Waals surface area contributed by atoms with E-state index in [1.807, 2.05) is 6.92 Å². The van der Waals surface area contributed by atoms with Crippen LogP contribution < -0.4 is 10.6 Å². The van der Waals surface area contributed by atoms with Gasteiger partial charge in [0.05, 0.1) is 13.2 Å². The van der Waals surface area contributed by atoms with Crippen LogP contribution in [0, 0.1) is 0 Å². The number of aliphatic imine (C=N–C) groups is 1. The third-order valence-corrected chi connectivity index (χ3v) is 3.80. The maximum absolute atomic E-state index is 8.87. The number of guanidine groups is 1. The Morgan fingerprint density at radius 3 is 2.45 bits per heavy atom. The Morgan fingerprint density at radius 2 is 1.82 bits per heavy atom. The molecule has 0 radical (unpaired) electrons. The SMILES string of the molecule is CCNC(=NCc1ccc(CN2CCCC2)cc1)NCCO. The van der Waals surface area contributed by atoms with Crippen LogP contribution in [-0.4, -0.2) is 48.8 Å². The van der Waals surface area contributed by atoms with Gasteiger partial charge >= 0.3 is 0 Å². The van der Waals surface area contributed by atoms with Crippen molar-refractivity contribution in [2.24, 2.45) is 4.99 Å². The summed E-state index contributed by atoms with van der Waals surface area (Å²) in [5.74, 6) is 0.748. The molecule has 1 heterocycles.